The molecule has 0 fully saturated rings. The van der Waals surface area contributed by atoms with E-state index in [0.717, 1.165) is 22.7 Å². The summed E-state index contributed by atoms with van der Waals surface area (Å²) in [6.07, 6.45) is 1.16. The molecule has 2 aromatic rings. The standard InChI is InChI=1S/C15H21N3O2/c1-11-12(2)18(10-17-11)8-14(19)9-20-15-5-3-4-13(6-15)7-16/h3-6,10,14,19H,7-9,16H2,1-2H3. The quantitative estimate of drug-likeness (QED) is 0.835. The number of aliphatic hydroxyl groups is 1. The van der Waals surface area contributed by atoms with Gasteiger partial charge in [0.05, 0.1) is 18.6 Å². The fraction of sp³-hybridized carbons (Fsp3) is 0.400. The number of nitrogens with zero attached hydrogens (tertiary/aromatic N) is 2. The van der Waals surface area contributed by atoms with E-state index < -0.39 is 6.10 Å². The van der Waals surface area contributed by atoms with Crippen LogP contribution in [0.5, 0.6) is 5.75 Å². The summed E-state index contributed by atoms with van der Waals surface area (Å²) in [5.74, 6) is 0.727. The average molecular weight is 275 g/mol. The zero-order chi connectivity index (χ0) is 14.5. The smallest absolute Gasteiger partial charge is 0.119 e. The van der Waals surface area contributed by atoms with Crippen molar-refractivity contribution in [3.05, 3.63) is 47.5 Å². The van der Waals surface area contributed by atoms with Gasteiger partial charge in [0.1, 0.15) is 18.5 Å². The molecule has 1 unspecified atom stereocenters. The van der Waals surface area contributed by atoms with Crippen molar-refractivity contribution >= 4 is 0 Å². The Labute approximate surface area is 119 Å². The number of imidazole rings is 1. The Morgan fingerprint density at radius 2 is 2.20 bits per heavy atom. The van der Waals surface area contributed by atoms with Crippen LogP contribution in [-0.4, -0.2) is 27.4 Å². The molecule has 5 heteroatoms. The first-order valence-electron chi connectivity index (χ1n) is 6.68. The topological polar surface area (TPSA) is 73.3 Å². The second-order valence-electron chi connectivity index (χ2n) is 4.88. The van der Waals surface area contributed by atoms with Crippen LogP contribution >= 0.6 is 0 Å². The van der Waals surface area contributed by atoms with Gasteiger partial charge in [-0.1, -0.05) is 12.1 Å². The molecule has 108 valence electrons. The van der Waals surface area contributed by atoms with Crippen molar-refractivity contribution in [1.82, 2.24) is 9.55 Å². The summed E-state index contributed by atoms with van der Waals surface area (Å²) in [6.45, 7) is 5.13. The van der Waals surface area contributed by atoms with Gasteiger partial charge in [0.25, 0.3) is 0 Å². The minimum Gasteiger partial charge on any atom is -0.491 e. The first-order chi connectivity index (χ1) is 9.60. The van der Waals surface area contributed by atoms with Gasteiger partial charge in [0.2, 0.25) is 0 Å². The highest BCUT2D eigenvalue weighted by Gasteiger charge is 2.09. The van der Waals surface area contributed by atoms with Gasteiger partial charge in [0, 0.05) is 12.2 Å². The van der Waals surface area contributed by atoms with Gasteiger partial charge in [-0.15, -0.1) is 0 Å². The monoisotopic (exact) mass is 275 g/mol. The molecule has 5 nitrogen and oxygen atoms in total. The minimum absolute atomic E-state index is 0.241. The van der Waals surface area contributed by atoms with Crippen LogP contribution in [0.3, 0.4) is 0 Å². The molecule has 20 heavy (non-hydrogen) atoms. The van der Waals surface area contributed by atoms with E-state index in [0.29, 0.717) is 13.1 Å². The number of rotatable bonds is 6. The predicted octanol–water partition coefficient (Wildman–Crippen LogP) is 1.40. The molecule has 0 spiro atoms. The molecule has 0 aliphatic rings. The summed E-state index contributed by atoms with van der Waals surface area (Å²) in [7, 11) is 0. The van der Waals surface area contributed by atoms with E-state index in [2.05, 4.69) is 4.98 Å². The van der Waals surface area contributed by atoms with Crippen molar-refractivity contribution < 1.29 is 9.84 Å². The Morgan fingerprint density at radius 1 is 1.40 bits per heavy atom. The number of nitrogens with two attached hydrogens (primary N) is 1. The normalized spacial score (nSPS) is 12.4. The van der Waals surface area contributed by atoms with Gasteiger partial charge < -0.3 is 20.1 Å². The van der Waals surface area contributed by atoms with Gasteiger partial charge in [-0.2, -0.15) is 0 Å². The van der Waals surface area contributed by atoms with Gasteiger partial charge in [0.15, 0.2) is 0 Å². The van der Waals surface area contributed by atoms with E-state index in [9.17, 15) is 5.11 Å². The molecule has 1 atom stereocenters. The average Bonchev–Trinajstić information content (AvgIpc) is 2.77. The number of aliphatic hydroxyl groups excluding tert-OH is 1. The Bertz CT molecular complexity index is 566. The molecular formula is C15H21N3O2. The van der Waals surface area contributed by atoms with Crippen molar-refractivity contribution in [1.29, 1.82) is 0 Å². The molecule has 0 saturated carbocycles. The van der Waals surface area contributed by atoms with Crippen LogP contribution in [0.15, 0.2) is 30.6 Å². The third-order valence-electron chi connectivity index (χ3n) is 3.33. The molecule has 1 heterocycles. The second-order valence-corrected chi connectivity index (χ2v) is 4.88. The number of hydrogen-bond donors (Lipinski definition) is 2. The molecule has 2 rings (SSSR count). The van der Waals surface area contributed by atoms with Gasteiger partial charge in [-0.05, 0) is 31.5 Å². The molecule has 0 saturated heterocycles. The highest BCUT2D eigenvalue weighted by atomic mass is 16.5. The van der Waals surface area contributed by atoms with Gasteiger partial charge in [-0.3, -0.25) is 0 Å². The lowest BCUT2D eigenvalue weighted by atomic mass is 10.2. The molecular weight excluding hydrogens is 254 g/mol. The summed E-state index contributed by atoms with van der Waals surface area (Å²) in [5, 5.41) is 10.0. The molecule has 1 aromatic carbocycles. The minimum atomic E-state index is -0.580. The van der Waals surface area contributed by atoms with Crippen molar-refractivity contribution in [2.75, 3.05) is 6.61 Å². The van der Waals surface area contributed by atoms with E-state index in [1.807, 2.05) is 42.7 Å². The summed E-state index contributed by atoms with van der Waals surface area (Å²) < 4.78 is 7.52. The largest absolute Gasteiger partial charge is 0.491 e. The summed E-state index contributed by atoms with van der Waals surface area (Å²) >= 11 is 0. The van der Waals surface area contributed by atoms with E-state index in [-0.39, 0.29) is 6.61 Å². The van der Waals surface area contributed by atoms with Crippen molar-refractivity contribution in [3.8, 4) is 5.75 Å². The second kappa shape index (κ2) is 6.54. The molecule has 0 aliphatic heterocycles. The number of aryl methyl sites for hydroxylation is 1. The van der Waals surface area contributed by atoms with Gasteiger partial charge in [-0.25, -0.2) is 4.98 Å². The van der Waals surface area contributed by atoms with Crippen LogP contribution in [0.25, 0.3) is 0 Å². The molecule has 0 radical (unpaired) electrons. The zero-order valence-electron chi connectivity index (χ0n) is 11.9. The van der Waals surface area contributed by atoms with Crippen LogP contribution in [0.1, 0.15) is 17.0 Å². The molecule has 1 aromatic heterocycles. The fourth-order valence-electron chi connectivity index (χ4n) is 1.96. The number of aromatic nitrogens is 2. The van der Waals surface area contributed by atoms with Crippen LogP contribution in [0.2, 0.25) is 0 Å². The van der Waals surface area contributed by atoms with Crippen molar-refractivity contribution in [3.63, 3.8) is 0 Å². The lowest BCUT2D eigenvalue weighted by molar-refractivity contribution is 0.0919. The molecule has 0 bridgehead atoms. The molecule has 3 N–H and O–H groups in total. The highest BCUT2D eigenvalue weighted by molar-refractivity contribution is 5.28. The van der Waals surface area contributed by atoms with Crippen LogP contribution in [0, 0.1) is 13.8 Å². The molecule has 0 amide bonds. The maximum Gasteiger partial charge on any atom is 0.119 e. The van der Waals surface area contributed by atoms with E-state index in [4.69, 9.17) is 10.5 Å². The number of benzene rings is 1. The Hall–Kier alpha value is -1.85. The summed E-state index contributed by atoms with van der Waals surface area (Å²) in [4.78, 5) is 4.21. The summed E-state index contributed by atoms with van der Waals surface area (Å²) in [6, 6.07) is 7.59. The zero-order valence-corrected chi connectivity index (χ0v) is 11.9. The summed E-state index contributed by atoms with van der Waals surface area (Å²) in [5.41, 5.74) is 8.64. The Morgan fingerprint density at radius 3 is 2.85 bits per heavy atom. The molecule has 0 aliphatic carbocycles. The van der Waals surface area contributed by atoms with Crippen LogP contribution < -0.4 is 10.5 Å². The van der Waals surface area contributed by atoms with E-state index >= 15 is 0 Å². The Kier molecular flexibility index (Phi) is 4.76. The highest BCUT2D eigenvalue weighted by Crippen LogP contribution is 2.13. The SMILES string of the molecule is Cc1ncn(CC(O)COc2cccc(CN)c2)c1C. The predicted molar refractivity (Wildman–Crippen MR) is 77.5 cm³/mol. The third-order valence-corrected chi connectivity index (χ3v) is 3.33. The maximum atomic E-state index is 10.0. The fourth-order valence-corrected chi connectivity index (χ4v) is 1.96. The first-order valence-corrected chi connectivity index (χ1v) is 6.68. The van der Waals surface area contributed by atoms with Crippen molar-refractivity contribution in [2.45, 2.75) is 33.0 Å². The lowest BCUT2D eigenvalue weighted by Crippen LogP contribution is -2.23. The first kappa shape index (κ1) is 14.6. The third kappa shape index (κ3) is 3.59. The number of ether oxygens (including phenoxy) is 1. The van der Waals surface area contributed by atoms with Crippen LogP contribution in [-0.2, 0) is 13.1 Å². The van der Waals surface area contributed by atoms with E-state index in [1.54, 1.807) is 6.33 Å². The maximum absolute atomic E-state index is 10.0. The lowest BCUT2D eigenvalue weighted by Gasteiger charge is -2.14. The number of hydrogen-bond acceptors (Lipinski definition) is 4. The van der Waals surface area contributed by atoms with E-state index in [1.165, 1.54) is 0 Å². The van der Waals surface area contributed by atoms with Gasteiger partial charge >= 0.3 is 0 Å². The Balaban J connectivity index is 1.88. The van der Waals surface area contributed by atoms with Crippen LogP contribution in [0.4, 0.5) is 0 Å². The van der Waals surface area contributed by atoms with Crippen molar-refractivity contribution in [2.24, 2.45) is 5.73 Å².